The lowest BCUT2D eigenvalue weighted by atomic mass is 10.4. The molecular weight excluding hydrogens is 243 g/mol. The van der Waals surface area contributed by atoms with Crippen molar-refractivity contribution in [1.82, 2.24) is 9.78 Å². The lowest BCUT2D eigenvalue weighted by Gasteiger charge is -2.05. The van der Waals surface area contributed by atoms with Crippen LogP contribution in [-0.4, -0.2) is 27.5 Å². The maximum absolute atomic E-state index is 11.8. The summed E-state index contributed by atoms with van der Waals surface area (Å²) in [5.41, 5.74) is -0.436. The Kier molecular flexibility index (Phi) is 3.92. The second-order valence-corrected chi connectivity index (χ2v) is 3.15. The topological polar surface area (TPSA) is 70.2 Å². The molecule has 0 bridgehead atoms. The molecule has 0 fully saturated rings. The molecule has 0 atom stereocenters. The monoisotopic (exact) mass is 253 g/mol. The number of aryl methyl sites for hydroxylation is 1. The fourth-order valence-corrected chi connectivity index (χ4v) is 1.05. The van der Waals surface area contributed by atoms with Gasteiger partial charge in [-0.05, 0) is 6.92 Å². The summed E-state index contributed by atoms with van der Waals surface area (Å²) in [5, 5.41) is 14.2. The Labute approximate surface area is 94.1 Å². The third kappa shape index (κ3) is 3.93. The zero-order chi connectivity index (χ0) is 13.1. The van der Waals surface area contributed by atoms with E-state index in [2.05, 4.69) is 9.84 Å². The molecule has 0 N–H and O–H groups in total. The second-order valence-electron chi connectivity index (χ2n) is 3.15. The molecule has 0 aromatic carbocycles. The minimum absolute atomic E-state index is 0.365. The minimum atomic E-state index is -4.36. The summed E-state index contributed by atoms with van der Waals surface area (Å²) in [5.74, 6) is -0.388. The first-order chi connectivity index (χ1) is 7.83. The van der Waals surface area contributed by atoms with Gasteiger partial charge in [0, 0.05) is 6.54 Å². The van der Waals surface area contributed by atoms with Gasteiger partial charge < -0.3 is 4.74 Å². The predicted molar refractivity (Wildman–Crippen MR) is 50.7 cm³/mol. The van der Waals surface area contributed by atoms with Gasteiger partial charge in [0.05, 0.1) is 18.0 Å². The Balaban J connectivity index is 2.69. The van der Waals surface area contributed by atoms with Crippen LogP contribution in [0.5, 0.6) is 5.88 Å². The van der Waals surface area contributed by atoms with Crippen LogP contribution in [0.3, 0.4) is 0 Å². The van der Waals surface area contributed by atoms with Gasteiger partial charge >= 0.3 is 17.7 Å². The molecule has 0 unspecified atom stereocenters. The molecular formula is C8H10F3N3O3. The molecule has 9 heteroatoms. The summed E-state index contributed by atoms with van der Waals surface area (Å²) in [6.45, 7) is 1.37. The number of rotatable bonds is 5. The molecule has 96 valence electrons. The van der Waals surface area contributed by atoms with Crippen LogP contribution in [0.2, 0.25) is 0 Å². The smallest absolute Gasteiger partial charge is 0.392 e. The largest absolute Gasteiger partial charge is 0.471 e. The number of halogens is 3. The van der Waals surface area contributed by atoms with Crippen molar-refractivity contribution in [3.8, 4) is 5.88 Å². The van der Waals surface area contributed by atoms with Crippen molar-refractivity contribution < 1.29 is 22.8 Å². The van der Waals surface area contributed by atoms with Gasteiger partial charge in [0.1, 0.15) is 6.20 Å². The highest BCUT2D eigenvalue weighted by atomic mass is 19.4. The standard InChI is InChI=1S/C8H10F3N3O3/c1-2-13-5-6(14(15)16)7(12-13)17-4-3-8(9,10)11/h5H,2-4H2,1H3. The molecule has 0 aliphatic heterocycles. The van der Waals surface area contributed by atoms with Crippen molar-refractivity contribution in [2.24, 2.45) is 0 Å². The van der Waals surface area contributed by atoms with Crippen LogP contribution in [0.25, 0.3) is 0 Å². The van der Waals surface area contributed by atoms with E-state index in [-0.39, 0.29) is 5.88 Å². The van der Waals surface area contributed by atoms with E-state index < -0.39 is 29.8 Å². The van der Waals surface area contributed by atoms with Gasteiger partial charge in [0.15, 0.2) is 0 Å². The number of ether oxygens (including phenoxy) is 1. The van der Waals surface area contributed by atoms with Crippen LogP contribution >= 0.6 is 0 Å². The van der Waals surface area contributed by atoms with E-state index in [1.54, 1.807) is 6.92 Å². The van der Waals surface area contributed by atoms with Crippen LogP contribution in [0.15, 0.2) is 6.20 Å². The molecule has 1 heterocycles. The summed E-state index contributed by atoms with van der Waals surface area (Å²) >= 11 is 0. The van der Waals surface area contributed by atoms with Crippen molar-refractivity contribution >= 4 is 5.69 Å². The number of nitrogens with zero attached hydrogens (tertiary/aromatic N) is 3. The molecule has 0 radical (unpaired) electrons. The zero-order valence-electron chi connectivity index (χ0n) is 8.90. The van der Waals surface area contributed by atoms with E-state index in [1.165, 1.54) is 4.68 Å². The second kappa shape index (κ2) is 5.02. The van der Waals surface area contributed by atoms with E-state index in [1.807, 2.05) is 0 Å². The van der Waals surface area contributed by atoms with Gasteiger partial charge in [0.25, 0.3) is 0 Å². The minimum Gasteiger partial charge on any atom is -0.471 e. The van der Waals surface area contributed by atoms with Gasteiger partial charge in [-0.15, -0.1) is 5.10 Å². The SMILES string of the molecule is CCn1cc([N+](=O)[O-])c(OCCC(F)(F)F)n1. The lowest BCUT2D eigenvalue weighted by Crippen LogP contribution is -2.13. The Morgan fingerprint density at radius 3 is 2.71 bits per heavy atom. The maximum atomic E-state index is 11.8. The Morgan fingerprint density at radius 1 is 1.59 bits per heavy atom. The van der Waals surface area contributed by atoms with E-state index in [4.69, 9.17) is 0 Å². The van der Waals surface area contributed by atoms with Crippen molar-refractivity contribution in [3.05, 3.63) is 16.3 Å². The Bertz CT molecular complexity index is 402. The fourth-order valence-electron chi connectivity index (χ4n) is 1.05. The molecule has 17 heavy (non-hydrogen) atoms. The molecule has 0 saturated heterocycles. The lowest BCUT2D eigenvalue weighted by molar-refractivity contribution is -0.386. The molecule has 6 nitrogen and oxygen atoms in total. The van der Waals surface area contributed by atoms with E-state index in [0.29, 0.717) is 6.54 Å². The van der Waals surface area contributed by atoms with Gasteiger partial charge in [-0.1, -0.05) is 0 Å². The number of nitro groups is 1. The summed E-state index contributed by atoms with van der Waals surface area (Å²) in [6, 6.07) is 0. The highest BCUT2D eigenvalue weighted by Crippen LogP contribution is 2.26. The van der Waals surface area contributed by atoms with Crippen molar-refractivity contribution in [2.45, 2.75) is 26.1 Å². The third-order valence-corrected chi connectivity index (χ3v) is 1.85. The van der Waals surface area contributed by atoms with Gasteiger partial charge in [-0.2, -0.15) is 13.2 Å². The highest BCUT2D eigenvalue weighted by molar-refractivity contribution is 5.38. The van der Waals surface area contributed by atoms with Crippen molar-refractivity contribution in [3.63, 3.8) is 0 Å². The maximum Gasteiger partial charge on any atom is 0.392 e. The van der Waals surface area contributed by atoms with Gasteiger partial charge in [-0.25, -0.2) is 0 Å². The van der Waals surface area contributed by atoms with Crippen LogP contribution in [0, 0.1) is 10.1 Å². The van der Waals surface area contributed by atoms with Crippen molar-refractivity contribution in [2.75, 3.05) is 6.61 Å². The van der Waals surface area contributed by atoms with Crippen molar-refractivity contribution in [1.29, 1.82) is 0 Å². The highest BCUT2D eigenvalue weighted by Gasteiger charge is 2.28. The summed E-state index contributed by atoms with van der Waals surface area (Å²) in [6.07, 6.45) is -4.42. The first-order valence-corrected chi connectivity index (χ1v) is 4.75. The molecule has 0 spiro atoms. The first-order valence-electron chi connectivity index (χ1n) is 4.75. The summed E-state index contributed by atoms with van der Waals surface area (Å²) in [4.78, 5) is 9.81. The van der Waals surface area contributed by atoms with Crippen LogP contribution < -0.4 is 4.74 Å². The van der Waals surface area contributed by atoms with E-state index in [0.717, 1.165) is 6.20 Å². The predicted octanol–water partition coefficient (Wildman–Crippen LogP) is 2.14. The van der Waals surface area contributed by atoms with Crippen LogP contribution in [0.1, 0.15) is 13.3 Å². The third-order valence-electron chi connectivity index (χ3n) is 1.85. The van der Waals surface area contributed by atoms with Crippen LogP contribution in [0.4, 0.5) is 18.9 Å². The summed E-state index contributed by atoms with van der Waals surface area (Å²) < 4.78 is 41.4. The molecule has 0 amide bonds. The quantitative estimate of drug-likeness (QED) is 0.595. The molecule has 1 aromatic rings. The van der Waals surface area contributed by atoms with Gasteiger partial charge in [0.2, 0.25) is 0 Å². The molecule has 1 rings (SSSR count). The average Bonchev–Trinajstić information content (AvgIpc) is 2.59. The summed E-state index contributed by atoms with van der Waals surface area (Å²) in [7, 11) is 0. The molecule has 0 aliphatic rings. The van der Waals surface area contributed by atoms with E-state index in [9.17, 15) is 23.3 Å². The Hall–Kier alpha value is -1.80. The first kappa shape index (κ1) is 13.3. The normalized spacial score (nSPS) is 11.5. The van der Waals surface area contributed by atoms with Crippen LogP contribution in [-0.2, 0) is 6.54 Å². The fraction of sp³-hybridized carbons (Fsp3) is 0.625. The van der Waals surface area contributed by atoms with Gasteiger partial charge in [-0.3, -0.25) is 14.8 Å². The molecule has 0 aliphatic carbocycles. The number of alkyl halides is 3. The van der Waals surface area contributed by atoms with E-state index >= 15 is 0 Å². The number of aromatic nitrogens is 2. The molecule has 0 saturated carbocycles. The number of hydrogen-bond acceptors (Lipinski definition) is 4. The average molecular weight is 253 g/mol. The Morgan fingerprint density at radius 2 is 2.24 bits per heavy atom. The molecule has 1 aromatic heterocycles. The zero-order valence-corrected chi connectivity index (χ0v) is 8.90. The number of hydrogen-bond donors (Lipinski definition) is 0.